The quantitative estimate of drug-likeness (QED) is 0.866. The van der Waals surface area contributed by atoms with Crippen molar-refractivity contribution in [2.24, 2.45) is 5.92 Å². The first kappa shape index (κ1) is 13.1. The maximum Gasteiger partial charge on any atom is 0.254 e. The Kier molecular flexibility index (Phi) is 3.76. The van der Waals surface area contributed by atoms with Gasteiger partial charge in [-0.05, 0) is 44.6 Å². The minimum Gasteiger partial charge on any atom is -0.469 e. The Morgan fingerprint density at radius 3 is 2.78 bits per heavy atom. The highest BCUT2D eigenvalue weighted by molar-refractivity contribution is 5.93. The SMILES string of the molecule is Cc1cc(C(=O)NCC2(O)CCC(C)CC2)co1. The number of nitrogens with one attached hydrogen (secondary N) is 1. The lowest BCUT2D eigenvalue weighted by Gasteiger charge is -2.34. The zero-order valence-corrected chi connectivity index (χ0v) is 11.0. The molecular formula is C14H21NO3. The van der Waals surface area contributed by atoms with Crippen LogP contribution >= 0.6 is 0 Å². The van der Waals surface area contributed by atoms with Crippen molar-refractivity contribution in [3.05, 3.63) is 23.7 Å². The van der Waals surface area contributed by atoms with Crippen LogP contribution in [0.1, 0.15) is 48.7 Å². The number of hydrogen-bond acceptors (Lipinski definition) is 3. The van der Waals surface area contributed by atoms with Crippen LogP contribution in [0.5, 0.6) is 0 Å². The molecule has 4 heteroatoms. The van der Waals surface area contributed by atoms with Crippen molar-refractivity contribution in [1.82, 2.24) is 5.32 Å². The summed E-state index contributed by atoms with van der Waals surface area (Å²) in [6, 6.07) is 1.70. The van der Waals surface area contributed by atoms with Crippen LogP contribution in [0.25, 0.3) is 0 Å². The summed E-state index contributed by atoms with van der Waals surface area (Å²) in [5.74, 6) is 1.21. The largest absolute Gasteiger partial charge is 0.469 e. The summed E-state index contributed by atoms with van der Waals surface area (Å²) in [5, 5.41) is 13.1. The smallest absolute Gasteiger partial charge is 0.254 e. The first-order chi connectivity index (χ1) is 8.48. The monoisotopic (exact) mass is 251 g/mol. The minimum absolute atomic E-state index is 0.182. The summed E-state index contributed by atoms with van der Waals surface area (Å²) in [6.07, 6.45) is 5.02. The Hall–Kier alpha value is -1.29. The molecule has 1 amide bonds. The molecule has 1 fully saturated rings. The Morgan fingerprint density at radius 1 is 1.56 bits per heavy atom. The Bertz CT molecular complexity index is 416. The zero-order chi connectivity index (χ0) is 13.2. The third kappa shape index (κ3) is 3.13. The second-order valence-corrected chi connectivity index (χ2v) is 5.54. The van der Waals surface area contributed by atoms with E-state index < -0.39 is 5.60 Å². The lowest BCUT2D eigenvalue weighted by molar-refractivity contribution is -0.00540. The summed E-state index contributed by atoms with van der Waals surface area (Å²) in [4.78, 5) is 11.8. The van der Waals surface area contributed by atoms with Gasteiger partial charge in [-0.25, -0.2) is 0 Å². The van der Waals surface area contributed by atoms with E-state index >= 15 is 0 Å². The molecule has 0 aromatic carbocycles. The number of carbonyl (C=O) groups is 1. The molecule has 1 aromatic heterocycles. The number of rotatable bonds is 3. The van der Waals surface area contributed by atoms with Gasteiger partial charge in [0.25, 0.3) is 5.91 Å². The normalized spacial score (nSPS) is 28.1. The summed E-state index contributed by atoms with van der Waals surface area (Å²) in [6.45, 7) is 4.32. The van der Waals surface area contributed by atoms with Gasteiger partial charge < -0.3 is 14.8 Å². The van der Waals surface area contributed by atoms with Gasteiger partial charge >= 0.3 is 0 Å². The second-order valence-electron chi connectivity index (χ2n) is 5.54. The summed E-state index contributed by atoms with van der Waals surface area (Å²) >= 11 is 0. The van der Waals surface area contributed by atoms with Gasteiger partial charge in [0.15, 0.2) is 0 Å². The Labute approximate surface area is 107 Å². The molecule has 0 bridgehead atoms. The van der Waals surface area contributed by atoms with Crippen molar-refractivity contribution in [2.45, 2.75) is 45.1 Å². The van der Waals surface area contributed by atoms with Crippen LogP contribution in [0, 0.1) is 12.8 Å². The van der Waals surface area contributed by atoms with Crippen LogP contribution in [0.15, 0.2) is 16.7 Å². The van der Waals surface area contributed by atoms with Crippen molar-refractivity contribution in [3.63, 3.8) is 0 Å². The van der Waals surface area contributed by atoms with E-state index in [4.69, 9.17) is 4.42 Å². The fourth-order valence-electron chi connectivity index (χ4n) is 2.39. The molecule has 1 aromatic rings. The van der Waals surface area contributed by atoms with E-state index in [-0.39, 0.29) is 5.91 Å². The third-order valence-corrected chi connectivity index (χ3v) is 3.78. The molecule has 2 rings (SSSR count). The molecule has 1 aliphatic rings. The molecule has 1 heterocycles. The summed E-state index contributed by atoms with van der Waals surface area (Å²) in [7, 11) is 0. The molecule has 0 radical (unpaired) electrons. The molecule has 2 N–H and O–H groups in total. The van der Waals surface area contributed by atoms with Crippen LogP contribution in [0.2, 0.25) is 0 Å². The van der Waals surface area contributed by atoms with Gasteiger partial charge in [0.05, 0.1) is 11.2 Å². The Balaban J connectivity index is 1.86. The molecule has 0 spiro atoms. The molecule has 1 aliphatic carbocycles. The van der Waals surface area contributed by atoms with Crippen LogP contribution in [-0.4, -0.2) is 23.2 Å². The van der Waals surface area contributed by atoms with Crippen molar-refractivity contribution in [1.29, 1.82) is 0 Å². The number of aryl methyl sites for hydroxylation is 1. The number of amides is 1. The fraction of sp³-hybridized carbons (Fsp3) is 0.643. The molecule has 0 unspecified atom stereocenters. The van der Waals surface area contributed by atoms with Gasteiger partial charge in [0.1, 0.15) is 12.0 Å². The predicted molar refractivity (Wildman–Crippen MR) is 68.4 cm³/mol. The molecule has 0 saturated heterocycles. The van der Waals surface area contributed by atoms with Crippen LogP contribution in [0.3, 0.4) is 0 Å². The van der Waals surface area contributed by atoms with Crippen LogP contribution in [-0.2, 0) is 0 Å². The van der Waals surface area contributed by atoms with Gasteiger partial charge in [-0.2, -0.15) is 0 Å². The van der Waals surface area contributed by atoms with E-state index in [1.165, 1.54) is 6.26 Å². The highest BCUT2D eigenvalue weighted by atomic mass is 16.3. The van der Waals surface area contributed by atoms with Crippen LogP contribution in [0.4, 0.5) is 0 Å². The zero-order valence-electron chi connectivity index (χ0n) is 11.0. The van der Waals surface area contributed by atoms with Gasteiger partial charge in [-0.15, -0.1) is 0 Å². The summed E-state index contributed by atoms with van der Waals surface area (Å²) in [5.41, 5.74) is -0.221. The minimum atomic E-state index is -0.735. The van der Waals surface area contributed by atoms with Crippen LogP contribution < -0.4 is 5.32 Å². The maximum atomic E-state index is 11.8. The molecule has 1 saturated carbocycles. The fourth-order valence-corrected chi connectivity index (χ4v) is 2.39. The van der Waals surface area contributed by atoms with Crippen molar-refractivity contribution < 1.29 is 14.3 Å². The second kappa shape index (κ2) is 5.14. The topological polar surface area (TPSA) is 62.5 Å². The van der Waals surface area contributed by atoms with Crippen molar-refractivity contribution in [3.8, 4) is 0 Å². The van der Waals surface area contributed by atoms with E-state index in [0.29, 0.717) is 23.8 Å². The van der Waals surface area contributed by atoms with Gasteiger partial charge in [-0.3, -0.25) is 4.79 Å². The van der Waals surface area contributed by atoms with E-state index in [1.54, 1.807) is 13.0 Å². The van der Waals surface area contributed by atoms with E-state index in [2.05, 4.69) is 12.2 Å². The van der Waals surface area contributed by atoms with Gasteiger partial charge in [-0.1, -0.05) is 6.92 Å². The number of aliphatic hydroxyl groups is 1. The van der Waals surface area contributed by atoms with Gasteiger partial charge in [0, 0.05) is 6.54 Å². The highest BCUT2D eigenvalue weighted by Crippen LogP contribution is 2.31. The third-order valence-electron chi connectivity index (χ3n) is 3.78. The number of hydrogen-bond donors (Lipinski definition) is 2. The van der Waals surface area contributed by atoms with E-state index in [0.717, 1.165) is 25.7 Å². The van der Waals surface area contributed by atoms with E-state index in [1.807, 2.05) is 0 Å². The molecular weight excluding hydrogens is 230 g/mol. The standard InChI is InChI=1S/C14H21NO3/c1-10-3-5-14(17,6-4-10)9-15-13(16)12-7-11(2)18-8-12/h7-8,10,17H,3-6,9H2,1-2H3,(H,15,16). The first-order valence-electron chi connectivity index (χ1n) is 6.54. The Morgan fingerprint density at radius 2 is 2.22 bits per heavy atom. The van der Waals surface area contributed by atoms with Crippen molar-refractivity contribution in [2.75, 3.05) is 6.54 Å². The maximum absolute atomic E-state index is 11.8. The molecule has 18 heavy (non-hydrogen) atoms. The molecule has 0 aliphatic heterocycles. The number of carbonyl (C=O) groups excluding carboxylic acids is 1. The van der Waals surface area contributed by atoms with Crippen molar-refractivity contribution >= 4 is 5.91 Å². The molecule has 4 nitrogen and oxygen atoms in total. The lowest BCUT2D eigenvalue weighted by atomic mass is 9.79. The van der Waals surface area contributed by atoms with Gasteiger partial charge in [0.2, 0.25) is 0 Å². The predicted octanol–water partition coefficient (Wildman–Crippen LogP) is 2.26. The molecule has 100 valence electrons. The van der Waals surface area contributed by atoms with E-state index in [9.17, 15) is 9.90 Å². The summed E-state index contributed by atoms with van der Waals surface area (Å²) < 4.78 is 5.09. The first-order valence-corrected chi connectivity index (χ1v) is 6.54. The average molecular weight is 251 g/mol. The highest BCUT2D eigenvalue weighted by Gasteiger charge is 2.32. The number of furan rings is 1. The lowest BCUT2D eigenvalue weighted by Crippen LogP contribution is -2.45. The molecule has 0 atom stereocenters. The average Bonchev–Trinajstić information content (AvgIpc) is 2.77.